The summed E-state index contributed by atoms with van der Waals surface area (Å²) >= 11 is 0. The van der Waals surface area contributed by atoms with Gasteiger partial charge in [0.2, 0.25) is 0 Å². The second-order valence-electron chi connectivity index (χ2n) is 3.46. The molecule has 4 nitrogen and oxygen atoms in total. The van der Waals surface area contributed by atoms with Gasteiger partial charge < -0.3 is 11.5 Å². The van der Waals surface area contributed by atoms with E-state index in [1.54, 1.807) is 0 Å². The highest BCUT2D eigenvalue weighted by Crippen LogP contribution is 2.29. The number of quaternary nitrogens is 1. The first-order chi connectivity index (χ1) is 5.61. The number of hydrogen-bond donors (Lipinski definition) is 2. The molecule has 12 heavy (non-hydrogen) atoms. The van der Waals surface area contributed by atoms with E-state index in [-0.39, 0.29) is 0 Å². The predicted octanol–water partition coefficient (Wildman–Crippen LogP) is -1.16. The first-order valence-corrected chi connectivity index (χ1v) is 4.28. The van der Waals surface area contributed by atoms with Gasteiger partial charge in [0.1, 0.15) is 0 Å². The third-order valence-electron chi connectivity index (χ3n) is 2.46. The van der Waals surface area contributed by atoms with Gasteiger partial charge in [0.15, 0.2) is 6.04 Å². The third-order valence-corrected chi connectivity index (χ3v) is 2.46. The molecule has 0 aliphatic heterocycles. The number of carbonyl (C=O) groups excluding carboxylic acids is 2. The maximum absolute atomic E-state index is 11.0. The van der Waals surface area contributed by atoms with Crippen LogP contribution in [0.1, 0.15) is 25.7 Å². The Morgan fingerprint density at radius 1 is 1.50 bits per heavy atom. The SMILES string of the molecule is NC(=O)C(=O)C([NH3+])CC1CCC1. The maximum Gasteiger partial charge on any atom is 0.291 e. The van der Waals surface area contributed by atoms with Gasteiger partial charge in [0.05, 0.1) is 0 Å². The second-order valence-corrected chi connectivity index (χ2v) is 3.46. The van der Waals surface area contributed by atoms with E-state index in [0.29, 0.717) is 5.92 Å². The van der Waals surface area contributed by atoms with Crippen molar-refractivity contribution in [3.8, 4) is 0 Å². The molecule has 1 aliphatic rings. The molecule has 0 spiro atoms. The summed E-state index contributed by atoms with van der Waals surface area (Å²) in [6.45, 7) is 0. The van der Waals surface area contributed by atoms with Gasteiger partial charge in [-0.3, -0.25) is 9.59 Å². The quantitative estimate of drug-likeness (QED) is 0.523. The molecule has 1 saturated carbocycles. The van der Waals surface area contributed by atoms with Crippen molar-refractivity contribution in [2.24, 2.45) is 11.7 Å². The highest BCUT2D eigenvalue weighted by Gasteiger charge is 2.28. The molecule has 1 atom stereocenters. The Morgan fingerprint density at radius 3 is 2.42 bits per heavy atom. The smallest absolute Gasteiger partial charge is 0.291 e. The van der Waals surface area contributed by atoms with Gasteiger partial charge in [-0.25, -0.2) is 0 Å². The molecule has 1 aliphatic carbocycles. The number of nitrogens with two attached hydrogens (primary N) is 1. The zero-order valence-electron chi connectivity index (χ0n) is 7.08. The summed E-state index contributed by atoms with van der Waals surface area (Å²) in [5.74, 6) is -0.785. The van der Waals surface area contributed by atoms with Gasteiger partial charge in [-0.05, 0) is 5.92 Å². The van der Waals surface area contributed by atoms with Gasteiger partial charge >= 0.3 is 0 Å². The topological polar surface area (TPSA) is 87.8 Å². The molecule has 0 saturated heterocycles. The average Bonchev–Trinajstić information content (AvgIpc) is 1.94. The number of hydrogen-bond acceptors (Lipinski definition) is 2. The van der Waals surface area contributed by atoms with Crippen LogP contribution in [0.25, 0.3) is 0 Å². The molecule has 1 amide bonds. The Hall–Kier alpha value is -0.900. The van der Waals surface area contributed by atoms with Crippen molar-refractivity contribution < 1.29 is 15.3 Å². The Balaban J connectivity index is 2.31. The molecule has 4 heteroatoms. The minimum atomic E-state index is -0.852. The molecular weight excluding hydrogens is 156 g/mol. The molecule has 0 aromatic heterocycles. The first kappa shape index (κ1) is 9.19. The van der Waals surface area contributed by atoms with E-state index < -0.39 is 17.7 Å². The van der Waals surface area contributed by atoms with E-state index in [1.165, 1.54) is 6.42 Å². The Morgan fingerprint density at radius 2 is 2.08 bits per heavy atom. The molecule has 0 heterocycles. The Labute approximate surface area is 71.3 Å². The fourth-order valence-electron chi connectivity index (χ4n) is 1.44. The summed E-state index contributed by atoms with van der Waals surface area (Å²) in [6, 6.07) is -0.423. The van der Waals surface area contributed by atoms with Crippen LogP contribution in [0.2, 0.25) is 0 Å². The summed E-state index contributed by atoms with van der Waals surface area (Å²) in [5, 5.41) is 0. The molecule has 0 radical (unpaired) electrons. The highest BCUT2D eigenvalue weighted by atomic mass is 16.2. The van der Waals surface area contributed by atoms with Gasteiger partial charge in [0.25, 0.3) is 11.7 Å². The lowest BCUT2D eigenvalue weighted by molar-refractivity contribution is -0.406. The van der Waals surface area contributed by atoms with E-state index in [0.717, 1.165) is 19.3 Å². The summed E-state index contributed by atoms with van der Waals surface area (Å²) in [5.41, 5.74) is 8.47. The van der Waals surface area contributed by atoms with Gasteiger partial charge in [-0.1, -0.05) is 19.3 Å². The zero-order chi connectivity index (χ0) is 9.14. The zero-order valence-corrected chi connectivity index (χ0v) is 7.08. The second kappa shape index (κ2) is 3.67. The van der Waals surface area contributed by atoms with Crippen LogP contribution in [0.4, 0.5) is 0 Å². The van der Waals surface area contributed by atoms with Crippen molar-refractivity contribution in [3.05, 3.63) is 0 Å². The molecule has 68 valence electrons. The number of primary amides is 1. The molecule has 0 bridgehead atoms. The van der Waals surface area contributed by atoms with E-state index in [4.69, 9.17) is 5.73 Å². The normalized spacial score (nSPS) is 19.8. The lowest BCUT2D eigenvalue weighted by Crippen LogP contribution is -2.67. The minimum Gasteiger partial charge on any atom is -0.363 e. The van der Waals surface area contributed by atoms with E-state index in [2.05, 4.69) is 5.73 Å². The predicted molar refractivity (Wildman–Crippen MR) is 42.8 cm³/mol. The largest absolute Gasteiger partial charge is 0.363 e. The number of carbonyl (C=O) groups is 2. The number of ketones is 1. The summed E-state index contributed by atoms with van der Waals surface area (Å²) in [7, 11) is 0. The van der Waals surface area contributed by atoms with Gasteiger partial charge in [-0.2, -0.15) is 0 Å². The van der Waals surface area contributed by atoms with Crippen LogP contribution in [-0.2, 0) is 9.59 Å². The summed E-state index contributed by atoms with van der Waals surface area (Å²) in [6.07, 6.45) is 4.29. The van der Waals surface area contributed by atoms with Crippen LogP contribution >= 0.6 is 0 Å². The lowest BCUT2D eigenvalue weighted by atomic mass is 9.80. The van der Waals surface area contributed by atoms with E-state index in [9.17, 15) is 9.59 Å². The van der Waals surface area contributed by atoms with Crippen LogP contribution in [0.3, 0.4) is 0 Å². The van der Waals surface area contributed by atoms with Crippen molar-refractivity contribution in [2.45, 2.75) is 31.7 Å². The first-order valence-electron chi connectivity index (χ1n) is 4.28. The third kappa shape index (κ3) is 2.04. The minimum absolute atomic E-state index is 0.423. The molecule has 1 unspecified atom stereocenters. The van der Waals surface area contributed by atoms with Crippen LogP contribution in [-0.4, -0.2) is 17.7 Å². The van der Waals surface area contributed by atoms with Gasteiger partial charge in [-0.15, -0.1) is 0 Å². The average molecular weight is 171 g/mol. The van der Waals surface area contributed by atoms with Crippen LogP contribution in [0.5, 0.6) is 0 Å². The standard InChI is InChI=1S/C8H14N2O2/c9-6(7(11)8(10)12)4-5-2-1-3-5/h5-6H,1-4,9H2,(H2,10,12)/p+1. The Kier molecular flexibility index (Phi) is 2.81. The highest BCUT2D eigenvalue weighted by molar-refractivity contribution is 6.37. The fraction of sp³-hybridized carbons (Fsp3) is 0.750. The lowest BCUT2D eigenvalue weighted by Gasteiger charge is -2.25. The van der Waals surface area contributed by atoms with Crippen LogP contribution in [0.15, 0.2) is 0 Å². The van der Waals surface area contributed by atoms with E-state index in [1.807, 2.05) is 0 Å². The fourth-order valence-corrected chi connectivity index (χ4v) is 1.44. The maximum atomic E-state index is 11.0. The monoisotopic (exact) mass is 171 g/mol. The molecule has 5 N–H and O–H groups in total. The van der Waals surface area contributed by atoms with Crippen molar-refractivity contribution in [2.75, 3.05) is 0 Å². The van der Waals surface area contributed by atoms with Crippen molar-refractivity contribution in [3.63, 3.8) is 0 Å². The van der Waals surface area contributed by atoms with E-state index >= 15 is 0 Å². The van der Waals surface area contributed by atoms with Crippen molar-refractivity contribution in [1.82, 2.24) is 0 Å². The molecular formula is C8H15N2O2+. The Bertz CT molecular complexity index is 199. The number of Topliss-reactive ketones (excluding diaryl/α,β-unsaturated/α-hetero) is 1. The summed E-state index contributed by atoms with van der Waals surface area (Å²) in [4.78, 5) is 21.4. The molecule has 0 aromatic rings. The van der Waals surface area contributed by atoms with Gasteiger partial charge in [0, 0.05) is 6.42 Å². The van der Waals surface area contributed by atoms with Crippen LogP contribution in [0, 0.1) is 5.92 Å². The van der Waals surface area contributed by atoms with Crippen molar-refractivity contribution >= 4 is 11.7 Å². The number of rotatable bonds is 4. The summed E-state index contributed by atoms with van der Waals surface area (Å²) < 4.78 is 0. The molecule has 1 fully saturated rings. The molecule has 1 rings (SSSR count). The van der Waals surface area contributed by atoms with Crippen LogP contribution < -0.4 is 11.5 Å². The number of amides is 1. The molecule has 0 aromatic carbocycles. The van der Waals surface area contributed by atoms with Crippen molar-refractivity contribution in [1.29, 1.82) is 0 Å².